The van der Waals surface area contributed by atoms with Crippen LogP contribution in [0.15, 0.2) is 60.9 Å². The lowest BCUT2D eigenvalue weighted by atomic mass is 9.97. The zero-order valence-electron chi connectivity index (χ0n) is 19.4. The van der Waals surface area contributed by atoms with Crippen LogP contribution in [-0.2, 0) is 11.8 Å². The van der Waals surface area contributed by atoms with Gasteiger partial charge in [-0.1, -0.05) is 24.8 Å². The fourth-order valence-electron chi connectivity index (χ4n) is 4.36. The van der Waals surface area contributed by atoms with Gasteiger partial charge in [0.25, 0.3) is 5.91 Å². The van der Waals surface area contributed by atoms with Gasteiger partial charge in [0.2, 0.25) is 0 Å². The molecule has 0 atom stereocenters. The van der Waals surface area contributed by atoms with Gasteiger partial charge in [0, 0.05) is 30.9 Å². The number of ether oxygens (including phenoxy) is 1. The lowest BCUT2D eigenvalue weighted by Gasteiger charge is -2.28. The number of nitrogens with one attached hydrogen (secondary N) is 1. The van der Waals surface area contributed by atoms with Crippen molar-refractivity contribution in [2.45, 2.75) is 6.92 Å². The minimum absolute atomic E-state index is 0.208. The molecule has 1 aliphatic heterocycles. The van der Waals surface area contributed by atoms with Crippen LogP contribution in [0.25, 0.3) is 33.4 Å². The number of hydrogen-bond donors (Lipinski definition) is 2. The van der Waals surface area contributed by atoms with Gasteiger partial charge in [0.15, 0.2) is 0 Å². The van der Waals surface area contributed by atoms with Gasteiger partial charge in [0.05, 0.1) is 23.3 Å². The van der Waals surface area contributed by atoms with Gasteiger partial charge in [0.1, 0.15) is 30.1 Å². The Morgan fingerprint density at radius 3 is 2.59 bits per heavy atom. The average Bonchev–Trinajstić information content (AvgIpc) is 3.13. The van der Waals surface area contributed by atoms with Crippen molar-refractivity contribution in [1.29, 1.82) is 0 Å². The van der Waals surface area contributed by atoms with Gasteiger partial charge in [-0.25, -0.2) is 9.97 Å². The molecule has 172 valence electrons. The van der Waals surface area contributed by atoms with Gasteiger partial charge >= 0.3 is 0 Å². The van der Waals surface area contributed by atoms with Crippen molar-refractivity contribution >= 4 is 34.1 Å². The van der Waals surface area contributed by atoms with Gasteiger partial charge in [-0.05, 0) is 42.3 Å². The number of likely N-dealkylation sites (N-methyl/N-ethyl adjacent to an activating group) is 1. The van der Waals surface area contributed by atoms with Gasteiger partial charge in [-0.2, -0.15) is 0 Å². The lowest BCUT2D eigenvalue weighted by molar-refractivity contribution is -0.112. The standard InChI is InChI=1S/C26H26N6O2/c1-15(2)26(33)30-18-8-5-16(6-9-18)23-21(22-24(27)28-14-29-25(22)32(23)4)17-7-10-19-20(13-17)34-12-11-31(19)3/h5-10,13-14H,1,11-12H2,2-4H3,(H,30,33)(H2,27,28,29). The molecule has 3 N–H and O–H groups in total. The zero-order valence-corrected chi connectivity index (χ0v) is 19.4. The first-order valence-electron chi connectivity index (χ1n) is 11.0. The van der Waals surface area contributed by atoms with Crippen LogP contribution in [0.2, 0.25) is 0 Å². The van der Waals surface area contributed by atoms with E-state index in [2.05, 4.69) is 52.0 Å². The normalized spacial score (nSPS) is 12.9. The van der Waals surface area contributed by atoms with E-state index in [4.69, 9.17) is 10.5 Å². The van der Waals surface area contributed by atoms with Crippen molar-refractivity contribution in [3.05, 3.63) is 60.9 Å². The Kier molecular flexibility index (Phi) is 5.20. The van der Waals surface area contributed by atoms with Crippen molar-refractivity contribution in [2.24, 2.45) is 7.05 Å². The van der Waals surface area contributed by atoms with Crippen LogP contribution in [0, 0.1) is 0 Å². The molecular weight excluding hydrogens is 428 g/mol. The molecule has 2 aromatic carbocycles. The molecule has 0 unspecified atom stereocenters. The van der Waals surface area contributed by atoms with Crippen LogP contribution in [0.1, 0.15) is 6.92 Å². The summed E-state index contributed by atoms with van der Waals surface area (Å²) in [6, 6.07) is 13.9. The fraction of sp³-hybridized carbons (Fsp3) is 0.192. The number of carbonyl (C=O) groups excluding carboxylic acids is 1. The summed E-state index contributed by atoms with van der Waals surface area (Å²) >= 11 is 0. The molecule has 0 saturated heterocycles. The molecule has 2 aromatic heterocycles. The predicted molar refractivity (Wildman–Crippen MR) is 136 cm³/mol. The number of amides is 1. The molecule has 5 rings (SSSR count). The van der Waals surface area contributed by atoms with Gasteiger partial charge in [-0.15, -0.1) is 0 Å². The third kappa shape index (κ3) is 3.53. The summed E-state index contributed by atoms with van der Waals surface area (Å²) in [4.78, 5) is 23.0. The minimum atomic E-state index is -0.208. The number of nitrogens with two attached hydrogens (primary N) is 1. The Balaban J connectivity index is 1.69. The molecule has 0 fully saturated rings. The molecule has 0 spiro atoms. The maximum atomic E-state index is 12.0. The highest BCUT2D eigenvalue weighted by Gasteiger charge is 2.24. The summed E-state index contributed by atoms with van der Waals surface area (Å²) < 4.78 is 7.99. The van der Waals surface area contributed by atoms with Crippen molar-refractivity contribution < 1.29 is 9.53 Å². The van der Waals surface area contributed by atoms with Gasteiger partial charge < -0.3 is 25.3 Å². The molecule has 3 heterocycles. The zero-order chi connectivity index (χ0) is 24.0. The van der Waals surface area contributed by atoms with Crippen LogP contribution in [0.3, 0.4) is 0 Å². The molecule has 34 heavy (non-hydrogen) atoms. The summed E-state index contributed by atoms with van der Waals surface area (Å²) in [6.45, 7) is 6.85. The summed E-state index contributed by atoms with van der Waals surface area (Å²) in [5.74, 6) is 1.05. The quantitative estimate of drug-likeness (QED) is 0.448. The summed E-state index contributed by atoms with van der Waals surface area (Å²) in [5, 5.41) is 3.64. The second-order valence-corrected chi connectivity index (χ2v) is 8.50. The summed E-state index contributed by atoms with van der Waals surface area (Å²) in [6.07, 6.45) is 1.48. The van der Waals surface area contributed by atoms with Gasteiger partial charge in [-0.3, -0.25) is 4.79 Å². The smallest absolute Gasteiger partial charge is 0.250 e. The number of hydrogen-bond acceptors (Lipinski definition) is 6. The molecular formula is C26H26N6O2. The van der Waals surface area contributed by atoms with Crippen LogP contribution >= 0.6 is 0 Å². The van der Waals surface area contributed by atoms with Crippen LogP contribution in [0.4, 0.5) is 17.2 Å². The Morgan fingerprint density at radius 1 is 1.12 bits per heavy atom. The van der Waals surface area contributed by atoms with Crippen molar-refractivity contribution in [3.63, 3.8) is 0 Å². The first-order chi connectivity index (χ1) is 16.3. The Bertz CT molecular complexity index is 1440. The van der Waals surface area contributed by atoms with E-state index < -0.39 is 0 Å². The fourth-order valence-corrected chi connectivity index (χ4v) is 4.36. The first kappa shape index (κ1) is 21.5. The monoisotopic (exact) mass is 454 g/mol. The number of rotatable bonds is 4. The second kappa shape index (κ2) is 8.22. The highest BCUT2D eigenvalue weighted by molar-refractivity contribution is 6.08. The number of aromatic nitrogens is 3. The lowest BCUT2D eigenvalue weighted by Crippen LogP contribution is -2.28. The molecule has 4 aromatic rings. The molecule has 1 amide bonds. The first-order valence-corrected chi connectivity index (χ1v) is 11.0. The summed E-state index contributed by atoms with van der Waals surface area (Å²) in [7, 11) is 4.03. The number of nitrogen functional groups attached to an aromatic ring is 1. The number of carbonyl (C=O) groups is 1. The molecule has 0 saturated carbocycles. The largest absolute Gasteiger partial charge is 0.490 e. The highest BCUT2D eigenvalue weighted by atomic mass is 16.5. The summed E-state index contributed by atoms with van der Waals surface area (Å²) in [5.41, 5.74) is 13.1. The van der Waals surface area contributed by atoms with Crippen LogP contribution in [0.5, 0.6) is 5.75 Å². The number of nitrogens with zero attached hydrogens (tertiary/aromatic N) is 4. The van der Waals surface area contributed by atoms with E-state index in [-0.39, 0.29) is 5.91 Å². The number of benzene rings is 2. The Hall–Kier alpha value is -4.33. The third-order valence-corrected chi connectivity index (χ3v) is 6.14. The minimum Gasteiger partial charge on any atom is -0.490 e. The van der Waals surface area contributed by atoms with E-state index in [1.54, 1.807) is 6.92 Å². The molecule has 1 aliphatic rings. The molecule has 0 aliphatic carbocycles. The van der Waals surface area contributed by atoms with Crippen molar-refractivity contribution in [3.8, 4) is 28.1 Å². The molecule has 0 bridgehead atoms. The second-order valence-electron chi connectivity index (χ2n) is 8.50. The topological polar surface area (TPSA) is 98.3 Å². The van der Waals surface area contributed by atoms with E-state index in [9.17, 15) is 4.79 Å². The van der Waals surface area contributed by atoms with Crippen molar-refractivity contribution in [1.82, 2.24) is 14.5 Å². The Labute approximate surface area is 197 Å². The third-order valence-electron chi connectivity index (χ3n) is 6.14. The van der Waals surface area contributed by atoms with E-state index in [1.165, 1.54) is 6.33 Å². The van der Waals surface area contributed by atoms with E-state index in [0.717, 1.165) is 51.4 Å². The van der Waals surface area contributed by atoms with E-state index in [1.807, 2.05) is 35.9 Å². The molecule has 8 nitrogen and oxygen atoms in total. The molecule has 0 radical (unpaired) electrons. The SMILES string of the molecule is C=C(C)C(=O)Nc1ccc(-c2c(-c3ccc4c(c3)OCCN4C)c3c(N)ncnc3n2C)cc1. The maximum absolute atomic E-state index is 12.0. The van der Waals surface area contributed by atoms with Crippen LogP contribution < -0.4 is 20.7 Å². The average molecular weight is 455 g/mol. The maximum Gasteiger partial charge on any atom is 0.250 e. The Morgan fingerprint density at radius 2 is 1.85 bits per heavy atom. The number of fused-ring (bicyclic) bond motifs is 2. The van der Waals surface area contributed by atoms with E-state index in [0.29, 0.717) is 23.7 Å². The van der Waals surface area contributed by atoms with Crippen molar-refractivity contribution in [2.75, 3.05) is 36.1 Å². The number of aryl methyl sites for hydroxylation is 1. The van der Waals surface area contributed by atoms with E-state index >= 15 is 0 Å². The number of anilines is 3. The van der Waals surface area contributed by atoms with Crippen LogP contribution in [-0.4, -0.2) is 40.6 Å². The highest BCUT2D eigenvalue weighted by Crippen LogP contribution is 2.44. The molecule has 8 heteroatoms. The predicted octanol–water partition coefficient (Wildman–Crippen LogP) is 4.23.